The SMILES string of the molecule is C=C/C(=C\C)C(C=N)COC. The third-order valence-electron chi connectivity index (χ3n) is 1.54. The van der Waals surface area contributed by atoms with Crippen LogP contribution in [0.3, 0.4) is 0 Å². The van der Waals surface area contributed by atoms with E-state index in [-0.39, 0.29) is 5.92 Å². The van der Waals surface area contributed by atoms with Crippen molar-refractivity contribution in [1.29, 1.82) is 5.41 Å². The van der Waals surface area contributed by atoms with Crippen molar-refractivity contribution < 1.29 is 4.74 Å². The summed E-state index contributed by atoms with van der Waals surface area (Å²) in [5.41, 5.74) is 1.04. The van der Waals surface area contributed by atoms with E-state index in [9.17, 15) is 0 Å². The van der Waals surface area contributed by atoms with E-state index in [1.165, 1.54) is 6.21 Å². The fourth-order valence-electron chi connectivity index (χ4n) is 0.903. The van der Waals surface area contributed by atoms with E-state index in [1.807, 2.05) is 13.0 Å². The molecule has 1 atom stereocenters. The molecule has 11 heavy (non-hydrogen) atoms. The lowest BCUT2D eigenvalue weighted by Gasteiger charge is -2.10. The minimum absolute atomic E-state index is 0.0579. The molecular formula is C9H15NO. The van der Waals surface area contributed by atoms with Gasteiger partial charge in [0.2, 0.25) is 0 Å². The summed E-state index contributed by atoms with van der Waals surface area (Å²) < 4.78 is 4.94. The topological polar surface area (TPSA) is 33.1 Å². The van der Waals surface area contributed by atoms with Gasteiger partial charge in [0.25, 0.3) is 0 Å². The van der Waals surface area contributed by atoms with Crippen molar-refractivity contribution in [3.63, 3.8) is 0 Å². The van der Waals surface area contributed by atoms with Crippen LogP contribution in [-0.4, -0.2) is 19.9 Å². The number of methoxy groups -OCH3 is 1. The first kappa shape index (κ1) is 10.1. The maximum absolute atomic E-state index is 7.11. The van der Waals surface area contributed by atoms with Crippen LogP contribution < -0.4 is 0 Å². The van der Waals surface area contributed by atoms with Crippen LogP contribution in [0, 0.1) is 11.3 Å². The van der Waals surface area contributed by atoms with Gasteiger partial charge in [0.1, 0.15) is 0 Å². The molecule has 0 spiro atoms. The van der Waals surface area contributed by atoms with E-state index in [0.29, 0.717) is 6.61 Å². The number of ether oxygens (including phenoxy) is 1. The van der Waals surface area contributed by atoms with E-state index in [1.54, 1.807) is 13.2 Å². The van der Waals surface area contributed by atoms with Gasteiger partial charge in [-0.1, -0.05) is 18.7 Å². The third kappa shape index (κ3) is 3.14. The first-order valence-corrected chi connectivity index (χ1v) is 3.58. The highest BCUT2D eigenvalue weighted by atomic mass is 16.5. The summed E-state index contributed by atoms with van der Waals surface area (Å²) >= 11 is 0. The molecule has 0 aliphatic rings. The Morgan fingerprint density at radius 2 is 2.36 bits per heavy atom. The average molecular weight is 153 g/mol. The molecule has 0 bridgehead atoms. The molecule has 0 saturated heterocycles. The summed E-state index contributed by atoms with van der Waals surface area (Å²) in [6, 6.07) is 0. The van der Waals surface area contributed by atoms with Gasteiger partial charge >= 0.3 is 0 Å². The fraction of sp³-hybridized carbons (Fsp3) is 0.444. The number of hydrogen-bond donors (Lipinski definition) is 1. The van der Waals surface area contributed by atoms with Gasteiger partial charge in [0.15, 0.2) is 0 Å². The van der Waals surface area contributed by atoms with Crippen LogP contribution in [0.2, 0.25) is 0 Å². The Balaban J connectivity index is 4.21. The number of rotatable bonds is 5. The van der Waals surface area contributed by atoms with Crippen molar-refractivity contribution in [3.05, 3.63) is 24.3 Å². The second-order valence-corrected chi connectivity index (χ2v) is 2.22. The lowest BCUT2D eigenvalue weighted by molar-refractivity contribution is 0.188. The zero-order valence-corrected chi connectivity index (χ0v) is 7.13. The van der Waals surface area contributed by atoms with Crippen LogP contribution in [-0.2, 0) is 4.74 Å². The highest BCUT2D eigenvalue weighted by Crippen LogP contribution is 2.09. The molecule has 0 saturated carbocycles. The zero-order valence-electron chi connectivity index (χ0n) is 7.13. The van der Waals surface area contributed by atoms with E-state index in [0.717, 1.165) is 5.57 Å². The molecule has 2 nitrogen and oxygen atoms in total. The summed E-state index contributed by atoms with van der Waals surface area (Å²) in [6.07, 6.45) is 5.08. The Bertz CT molecular complexity index is 161. The standard InChI is InChI=1S/C9H15NO/c1-4-8(5-2)9(6-10)7-11-3/h4-6,9-10H,1,7H2,2-3H3/b8-5+,10-6?. The molecule has 0 aromatic carbocycles. The first-order chi connectivity index (χ1) is 5.29. The molecule has 0 heterocycles. The maximum Gasteiger partial charge on any atom is 0.0580 e. The van der Waals surface area contributed by atoms with E-state index < -0.39 is 0 Å². The Kier molecular flexibility index (Phi) is 5.39. The molecule has 62 valence electrons. The molecule has 0 fully saturated rings. The van der Waals surface area contributed by atoms with Crippen molar-refractivity contribution in [1.82, 2.24) is 0 Å². The summed E-state index contributed by atoms with van der Waals surface area (Å²) in [6.45, 7) is 6.14. The normalized spacial score (nSPS) is 14.2. The van der Waals surface area contributed by atoms with Crippen molar-refractivity contribution in [3.8, 4) is 0 Å². The fourth-order valence-corrected chi connectivity index (χ4v) is 0.903. The van der Waals surface area contributed by atoms with Crippen molar-refractivity contribution in [2.75, 3.05) is 13.7 Å². The Morgan fingerprint density at radius 3 is 2.64 bits per heavy atom. The lowest BCUT2D eigenvalue weighted by atomic mass is 10.0. The molecule has 0 amide bonds. The Hall–Kier alpha value is -0.890. The molecule has 2 heteroatoms. The van der Waals surface area contributed by atoms with Gasteiger partial charge in [-0.05, 0) is 12.5 Å². The molecule has 1 unspecified atom stereocenters. The van der Waals surface area contributed by atoms with Gasteiger partial charge in [-0.2, -0.15) is 0 Å². The van der Waals surface area contributed by atoms with E-state index in [2.05, 4.69) is 6.58 Å². The Morgan fingerprint density at radius 1 is 1.73 bits per heavy atom. The zero-order chi connectivity index (χ0) is 8.69. The smallest absolute Gasteiger partial charge is 0.0580 e. The summed E-state index contributed by atoms with van der Waals surface area (Å²) in [5.74, 6) is 0.0579. The molecule has 0 aliphatic heterocycles. The van der Waals surface area contributed by atoms with Crippen molar-refractivity contribution in [2.45, 2.75) is 6.92 Å². The number of allylic oxidation sites excluding steroid dienone is 2. The lowest BCUT2D eigenvalue weighted by Crippen LogP contribution is -2.10. The van der Waals surface area contributed by atoms with Gasteiger partial charge in [-0.25, -0.2) is 0 Å². The summed E-state index contributed by atoms with van der Waals surface area (Å²) in [7, 11) is 1.63. The minimum Gasteiger partial charge on any atom is -0.384 e. The second-order valence-electron chi connectivity index (χ2n) is 2.22. The molecular weight excluding hydrogens is 138 g/mol. The van der Waals surface area contributed by atoms with Crippen LogP contribution >= 0.6 is 0 Å². The molecule has 0 aromatic rings. The highest BCUT2D eigenvalue weighted by Gasteiger charge is 2.06. The van der Waals surface area contributed by atoms with E-state index in [4.69, 9.17) is 10.1 Å². The van der Waals surface area contributed by atoms with Gasteiger partial charge in [-0.15, -0.1) is 0 Å². The second kappa shape index (κ2) is 5.86. The quantitative estimate of drug-likeness (QED) is 0.476. The molecule has 0 aromatic heterocycles. The molecule has 0 rings (SSSR count). The monoisotopic (exact) mass is 153 g/mol. The van der Waals surface area contributed by atoms with Gasteiger partial charge in [0, 0.05) is 19.2 Å². The Labute approximate surface area is 68.1 Å². The van der Waals surface area contributed by atoms with Crippen molar-refractivity contribution >= 4 is 6.21 Å². The number of hydrogen-bond acceptors (Lipinski definition) is 2. The van der Waals surface area contributed by atoms with Gasteiger partial charge in [0.05, 0.1) is 6.61 Å². The van der Waals surface area contributed by atoms with Gasteiger partial charge in [-0.3, -0.25) is 0 Å². The van der Waals surface area contributed by atoms with Crippen LogP contribution in [0.25, 0.3) is 0 Å². The predicted molar refractivity (Wildman–Crippen MR) is 48.1 cm³/mol. The highest BCUT2D eigenvalue weighted by molar-refractivity contribution is 5.63. The van der Waals surface area contributed by atoms with Crippen LogP contribution in [0.4, 0.5) is 0 Å². The van der Waals surface area contributed by atoms with Crippen LogP contribution in [0.15, 0.2) is 24.3 Å². The third-order valence-corrected chi connectivity index (χ3v) is 1.54. The molecule has 0 radical (unpaired) electrons. The largest absolute Gasteiger partial charge is 0.384 e. The van der Waals surface area contributed by atoms with Gasteiger partial charge < -0.3 is 10.1 Å². The molecule has 0 aliphatic carbocycles. The summed E-state index contributed by atoms with van der Waals surface area (Å²) in [5, 5.41) is 7.11. The predicted octanol–water partition coefficient (Wildman–Crippen LogP) is 2.03. The van der Waals surface area contributed by atoms with E-state index >= 15 is 0 Å². The maximum atomic E-state index is 7.11. The molecule has 1 N–H and O–H groups in total. The summed E-state index contributed by atoms with van der Waals surface area (Å²) in [4.78, 5) is 0. The van der Waals surface area contributed by atoms with Crippen LogP contribution in [0.1, 0.15) is 6.92 Å². The van der Waals surface area contributed by atoms with Crippen LogP contribution in [0.5, 0.6) is 0 Å². The first-order valence-electron chi connectivity index (χ1n) is 3.58. The average Bonchev–Trinajstić information content (AvgIpc) is 2.05. The number of nitrogens with one attached hydrogen (secondary N) is 1. The minimum atomic E-state index is 0.0579. The van der Waals surface area contributed by atoms with Crippen molar-refractivity contribution in [2.24, 2.45) is 5.92 Å².